The molecule has 0 radical (unpaired) electrons. The summed E-state index contributed by atoms with van der Waals surface area (Å²) in [6, 6.07) is 7.88. The summed E-state index contributed by atoms with van der Waals surface area (Å²) in [7, 11) is 1.64. The number of benzene rings is 1. The lowest BCUT2D eigenvalue weighted by atomic mass is 10.1. The number of ether oxygens (including phenoxy) is 1. The molecule has 0 atom stereocenters. The van der Waals surface area contributed by atoms with Crippen molar-refractivity contribution in [2.75, 3.05) is 33.3 Å². The number of thiophene rings is 1. The molecule has 0 unspecified atom stereocenters. The number of nitrogens with zero attached hydrogens (tertiary/aromatic N) is 1. The molecule has 3 rings (SSSR count). The Kier molecular flexibility index (Phi) is 4.98. The van der Waals surface area contributed by atoms with E-state index in [-0.39, 0.29) is 5.91 Å². The number of methoxy groups -OCH3 is 1. The first-order valence-electron chi connectivity index (χ1n) is 7.96. The number of rotatable bonds is 4. The first kappa shape index (κ1) is 16.0. The summed E-state index contributed by atoms with van der Waals surface area (Å²) in [5.74, 6) is 0.885. The van der Waals surface area contributed by atoms with Gasteiger partial charge in [-0.15, -0.1) is 0 Å². The maximum absolute atomic E-state index is 12.7. The SMILES string of the molecule is COc1cc(C(=O)N2CC[NH+](Cc3ccsc3)CC2)ccc1C. The minimum absolute atomic E-state index is 0.109. The Hall–Kier alpha value is -1.85. The number of hydrogen-bond acceptors (Lipinski definition) is 3. The predicted molar refractivity (Wildman–Crippen MR) is 92.4 cm³/mol. The Morgan fingerprint density at radius 3 is 2.74 bits per heavy atom. The quantitative estimate of drug-likeness (QED) is 0.923. The highest BCUT2D eigenvalue weighted by Crippen LogP contribution is 2.20. The highest BCUT2D eigenvalue weighted by Gasteiger charge is 2.25. The molecule has 4 nitrogen and oxygen atoms in total. The first-order valence-corrected chi connectivity index (χ1v) is 8.90. The molecule has 1 saturated heterocycles. The van der Waals surface area contributed by atoms with E-state index in [1.807, 2.05) is 30.0 Å². The Balaban J connectivity index is 1.59. The number of hydrogen-bond donors (Lipinski definition) is 1. The summed E-state index contributed by atoms with van der Waals surface area (Å²) in [4.78, 5) is 16.2. The van der Waals surface area contributed by atoms with Crippen LogP contribution in [0.15, 0.2) is 35.0 Å². The molecule has 2 aromatic rings. The Morgan fingerprint density at radius 2 is 2.09 bits per heavy atom. The van der Waals surface area contributed by atoms with E-state index < -0.39 is 0 Å². The van der Waals surface area contributed by atoms with E-state index in [1.54, 1.807) is 23.3 Å². The molecule has 2 heterocycles. The van der Waals surface area contributed by atoms with Gasteiger partial charge in [0, 0.05) is 11.1 Å². The van der Waals surface area contributed by atoms with Crippen molar-refractivity contribution in [1.82, 2.24) is 4.90 Å². The molecule has 0 aliphatic carbocycles. The van der Waals surface area contributed by atoms with Gasteiger partial charge in [0.05, 0.1) is 33.3 Å². The maximum atomic E-state index is 12.7. The number of aryl methyl sites for hydroxylation is 1. The molecule has 1 fully saturated rings. The summed E-state index contributed by atoms with van der Waals surface area (Å²) in [5, 5.41) is 4.34. The number of amides is 1. The van der Waals surface area contributed by atoms with Gasteiger partial charge in [-0.3, -0.25) is 4.79 Å². The van der Waals surface area contributed by atoms with Gasteiger partial charge < -0.3 is 14.5 Å². The van der Waals surface area contributed by atoms with Crippen molar-refractivity contribution in [3.63, 3.8) is 0 Å². The summed E-state index contributed by atoms with van der Waals surface area (Å²) >= 11 is 1.75. The smallest absolute Gasteiger partial charge is 0.254 e. The van der Waals surface area contributed by atoms with Crippen molar-refractivity contribution in [3.05, 3.63) is 51.7 Å². The van der Waals surface area contributed by atoms with Crippen LogP contribution in [0.1, 0.15) is 21.5 Å². The number of carbonyl (C=O) groups excluding carboxylic acids is 1. The van der Waals surface area contributed by atoms with E-state index >= 15 is 0 Å². The highest BCUT2D eigenvalue weighted by molar-refractivity contribution is 7.07. The lowest BCUT2D eigenvalue weighted by molar-refractivity contribution is -0.917. The zero-order chi connectivity index (χ0) is 16.2. The maximum Gasteiger partial charge on any atom is 0.254 e. The van der Waals surface area contributed by atoms with Gasteiger partial charge in [-0.1, -0.05) is 6.07 Å². The van der Waals surface area contributed by atoms with Crippen LogP contribution in [0.25, 0.3) is 0 Å². The second-order valence-electron chi connectivity index (χ2n) is 6.03. The molecule has 23 heavy (non-hydrogen) atoms. The van der Waals surface area contributed by atoms with Crippen LogP contribution < -0.4 is 9.64 Å². The van der Waals surface area contributed by atoms with Gasteiger partial charge in [0.1, 0.15) is 12.3 Å². The standard InChI is InChI=1S/C18H22N2O2S/c1-14-3-4-16(11-17(14)22-2)18(21)20-8-6-19(7-9-20)12-15-5-10-23-13-15/h3-5,10-11,13H,6-9,12H2,1-2H3/p+1. The largest absolute Gasteiger partial charge is 0.496 e. The molecule has 5 heteroatoms. The molecule has 1 aromatic heterocycles. The molecule has 1 aliphatic heterocycles. The molecular weight excluding hydrogens is 308 g/mol. The second-order valence-corrected chi connectivity index (χ2v) is 6.82. The van der Waals surface area contributed by atoms with Crippen LogP contribution in [0.2, 0.25) is 0 Å². The number of carbonyl (C=O) groups is 1. The van der Waals surface area contributed by atoms with Crippen molar-refractivity contribution in [2.45, 2.75) is 13.5 Å². The molecule has 1 amide bonds. The van der Waals surface area contributed by atoms with Gasteiger partial charge in [-0.2, -0.15) is 11.3 Å². The molecular formula is C18H23N2O2S+. The third kappa shape index (κ3) is 3.74. The molecule has 0 saturated carbocycles. The molecule has 122 valence electrons. The minimum Gasteiger partial charge on any atom is -0.496 e. The zero-order valence-electron chi connectivity index (χ0n) is 13.7. The van der Waals surface area contributed by atoms with Crippen LogP contribution in [0.4, 0.5) is 0 Å². The van der Waals surface area contributed by atoms with Gasteiger partial charge in [0.2, 0.25) is 0 Å². The fourth-order valence-corrected chi connectivity index (χ4v) is 3.69. The molecule has 1 aliphatic rings. The van der Waals surface area contributed by atoms with Crippen LogP contribution >= 0.6 is 11.3 Å². The van der Waals surface area contributed by atoms with Crippen molar-refractivity contribution >= 4 is 17.2 Å². The Labute approximate surface area is 141 Å². The Bertz CT molecular complexity index is 662. The Morgan fingerprint density at radius 1 is 1.30 bits per heavy atom. The van der Waals surface area contributed by atoms with E-state index in [0.717, 1.165) is 44.0 Å². The third-order valence-corrected chi connectivity index (χ3v) is 5.18. The van der Waals surface area contributed by atoms with Crippen LogP contribution in [0.5, 0.6) is 5.75 Å². The van der Waals surface area contributed by atoms with Gasteiger partial charge in [-0.05, 0) is 41.4 Å². The molecule has 1 N–H and O–H groups in total. The van der Waals surface area contributed by atoms with Gasteiger partial charge in [0.15, 0.2) is 0 Å². The van der Waals surface area contributed by atoms with Crippen LogP contribution in [-0.2, 0) is 6.54 Å². The van der Waals surface area contributed by atoms with E-state index in [1.165, 1.54) is 5.56 Å². The van der Waals surface area contributed by atoms with Gasteiger partial charge in [-0.25, -0.2) is 0 Å². The van der Waals surface area contributed by atoms with Crippen LogP contribution in [0.3, 0.4) is 0 Å². The zero-order valence-corrected chi connectivity index (χ0v) is 14.5. The van der Waals surface area contributed by atoms with Crippen molar-refractivity contribution in [2.24, 2.45) is 0 Å². The first-order chi connectivity index (χ1) is 11.2. The fourth-order valence-electron chi connectivity index (χ4n) is 3.02. The van der Waals surface area contributed by atoms with E-state index in [0.29, 0.717) is 5.56 Å². The predicted octanol–water partition coefficient (Wildman–Crippen LogP) is 1.61. The van der Waals surface area contributed by atoms with Crippen molar-refractivity contribution in [1.29, 1.82) is 0 Å². The molecule has 0 spiro atoms. The van der Waals surface area contributed by atoms with E-state index in [9.17, 15) is 4.79 Å². The monoisotopic (exact) mass is 331 g/mol. The summed E-state index contributed by atoms with van der Waals surface area (Å²) < 4.78 is 5.33. The lowest BCUT2D eigenvalue weighted by Gasteiger charge is -2.32. The third-order valence-electron chi connectivity index (χ3n) is 4.45. The minimum atomic E-state index is 0.109. The summed E-state index contributed by atoms with van der Waals surface area (Å²) in [6.07, 6.45) is 0. The van der Waals surface area contributed by atoms with E-state index in [2.05, 4.69) is 16.8 Å². The topological polar surface area (TPSA) is 34.0 Å². The normalized spacial score (nSPS) is 15.7. The molecule has 0 bridgehead atoms. The van der Waals surface area contributed by atoms with Crippen molar-refractivity contribution < 1.29 is 14.4 Å². The van der Waals surface area contributed by atoms with Crippen molar-refractivity contribution in [3.8, 4) is 5.75 Å². The highest BCUT2D eigenvalue weighted by atomic mass is 32.1. The summed E-state index contributed by atoms with van der Waals surface area (Å²) in [5.41, 5.74) is 3.16. The fraction of sp³-hybridized carbons (Fsp3) is 0.389. The number of nitrogens with one attached hydrogen (secondary N) is 1. The van der Waals surface area contributed by atoms with Crippen LogP contribution in [-0.4, -0.2) is 44.1 Å². The van der Waals surface area contributed by atoms with Crippen LogP contribution in [0, 0.1) is 6.92 Å². The average molecular weight is 331 g/mol. The van der Waals surface area contributed by atoms with Gasteiger partial charge >= 0.3 is 0 Å². The lowest BCUT2D eigenvalue weighted by Crippen LogP contribution is -3.13. The van der Waals surface area contributed by atoms with Gasteiger partial charge in [0.25, 0.3) is 5.91 Å². The average Bonchev–Trinajstić information content (AvgIpc) is 3.08. The van der Waals surface area contributed by atoms with E-state index in [4.69, 9.17) is 4.74 Å². The summed E-state index contributed by atoms with van der Waals surface area (Å²) in [6.45, 7) is 6.68. The second kappa shape index (κ2) is 7.15. The number of piperazine rings is 1. The number of quaternary nitrogens is 1. The molecule has 1 aromatic carbocycles.